The van der Waals surface area contributed by atoms with Gasteiger partial charge in [-0.2, -0.15) is 0 Å². The third-order valence-electron chi connectivity index (χ3n) is 2.22. The average molecular weight is 261 g/mol. The van der Waals surface area contributed by atoms with Crippen LogP contribution in [0.4, 0.5) is 0 Å². The molecule has 88 valence electrons. The van der Waals surface area contributed by atoms with E-state index in [-0.39, 0.29) is 5.92 Å². The number of nitrogens with zero attached hydrogens (tertiary/aromatic N) is 1. The van der Waals surface area contributed by atoms with E-state index in [0.717, 1.165) is 12.0 Å². The topological polar surface area (TPSA) is 41.8 Å². The summed E-state index contributed by atoms with van der Waals surface area (Å²) in [6.45, 7) is 2.06. The largest absolute Gasteiger partial charge is 0.475 e. The molecule has 2 unspecified atom stereocenters. The Morgan fingerprint density at radius 1 is 1.50 bits per heavy atom. The summed E-state index contributed by atoms with van der Waals surface area (Å²) in [5.41, 5.74) is 1.13. The Bertz CT molecular complexity index is 342. The van der Waals surface area contributed by atoms with Crippen molar-refractivity contribution in [2.24, 2.45) is 4.40 Å². The molecule has 0 aliphatic heterocycles. The zero-order valence-electron chi connectivity index (χ0n) is 9.26. The monoisotopic (exact) mass is 260 g/mol. The zero-order valence-corrected chi connectivity index (χ0v) is 10.8. The van der Waals surface area contributed by atoms with Crippen molar-refractivity contribution in [3.05, 3.63) is 34.9 Å². The fourth-order valence-corrected chi connectivity index (χ4v) is 1.77. The van der Waals surface area contributed by atoms with Crippen LogP contribution in [0.5, 0.6) is 0 Å². The molecule has 3 nitrogen and oxygen atoms in total. The molecule has 0 aliphatic carbocycles. The van der Waals surface area contributed by atoms with E-state index >= 15 is 0 Å². The van der Waals surface area contributed by atoms with E-state index in [1.54, 1.807) is 6.21 Å². The summed E-state index contributed by atoms with van der Waals surface area (Å²) < 4.78 is 17.8. The Balaban J connectivity index is 2.74. The molecule has 2 atom stereocenters. The molecule has 1 aromatic carbocycles. The van der Waals surface area contributed by atoms with Gasteiger partial charge in [-0.3, -0.25) is 0 Å². The van der Waals surface area contributed by atoms with Crippen LogP contribution in [0.15, 0.2) is 28.7 Å². The molecular weight excluding hydrogens is 246 g/mol. The minimum Gasteiger partial charge on any atom is -0.129 e. The third kappa shape index (κ3) is 4.14. The normalized spacial score (nSPS) is 15.2. The Labute approximate surface area is 104 Å². The molecule has 0 fully saturated rings. The molecule has 0 aliphatic rings. The lowest BCUT2D eigenvalue weighted by Gasteiger charge is -2.08. The Kier molecular flexibility index (Phi) is 5.84. The molecule has 0 saturated carbocycles. The van der Waals surface area contributed by atoms with Crippen LogP contribution in [0, 0.1) is 0 Å². The molecule has 5 heteroatoms. The number of rotatable bonds is 5. The Morgan fingerprint density at radius 3 is 2.62 bits per heavy atom. The van der Waals surface area contributed by atoms with Gasteiger partial charge in [0.2, 0.25) is 0 Å². The average Bonchev–Trinajstić information content (AvgIpc) is 2.31. The number of hydrogen-bond donors (Lipinski definition) is 1. The molecule has 0 heterocycles. The van der Waals surface area contributed by atoms with Gasteiger partial charge in [-0.05, 0) is 24.1 Å². The van der Waals surface area contributed by atoms with E-state index in [1.165, 1.54) is 7.11 Å². The van der Waals surface area contributed by atoms with Crippen LogP contribution < -0.4 is 0 Å². The van der Waals surface area contributed by atoms with E-state index in [4.69, 9.17) is 11.6 Å². The predicted molar refractivity (Wildman–Crippen MR) is 70.0 cm³/mol. The highest BCUT2D eigenvalue weighted by atomic mass is 35.5. The molecule has 1 aromatic rings. The van der Waals surface area contributed by atoms with Gasteiger partial charge in [-0.15, -0.1) is 8.74 Å². The molecule has 1 N–H and O–H groups in total. The van der Waals surface area contributed by atoms with Gasteiger partial charge in [0, 0.05) is 15.3 Å². The zero-order chi connectivity index (χ0) is 12.0. The van der Waals surface area contributed by atoms with E-state index < -0.39 is 11.6 Å². The Hall–Kier alpha value is -0.550. The molecule has 16 heavy (non-hydrogen) atoms. The maximum absolute atomic E-state index is 9.18. The van der Waals surface area contributed by atoms with Crippen molar-refractivity contribution in [3.8, 4) is 0 Å². The first-order valence-electron chi connectivity index (χ1n) is 4.95. The van der Waals surface area contributed by atoms with Crippen LogP contribution in [-0.4, -0.2) is 17.9 Å². The van der Waals surface area contributed by atoms with Gasteiger partial charge < -0.3 is 0 Å². The van der Waals surface area contributed by atoms with Crippen molar-refractivity contribution >= 4 is 29.5 Å². The number of hydrogen-bond acceptors (Lipinski definition) is 3. The SMILES string of the molecule is CCC(/C=N/[S+](O)OC)c1ccc(Cl)cc1. The van der Waals surface area contributed by atoms with Gasteiger partial charge in [0.25, 0.3) is 0 Å². The fourth-order valence-electron chi connectivity index (χ4n) is 1.31. The summed E-state index contributed by atoms with van der Waals surface area (Å²) in [6.07, 6.45) is 2.63. The van der Waals surface area contributed by atoms with Crippen LogP contribution in [-0.2, 0) is 15.8 Å². The Morgan fingerprint density at radius 2 is 2.12 bits per heavy atom. The second-order valence-electron chi connectivity index (χ2n) is 3.22. The second-order valence-corrected chi connectivity index (χ2v) is 4.66. The lowest BCUT2D eigenvalue weighted by Crippen LogP contribution is -2.03. The standard InChI is InChI=1S/C11H15ClNO2S/c1-3-9(8-13-16(14)15-2)10-4-6-11(12)7-5-10/h4-9,14H,3H2,1-2H3/q+1/b13-8+. The van der Waals surface area contributed by atoms with Crippen molar-refractivity contribution in [1.82, 2.24) is 0 Å². The molecule has 0 radical (unpaired) electrons. The van der Waals surface area contributed by atoms with Gasteiger partial charge in [0.15, 0.2) is 0 Å². The first kappa shape index (κ1) is 13.5. The van der Waals surface area contributed by atoms with Crippen molar-refractivity contribution in [2.75, 3.05) is 7.11 Å². The fraction of sp³-hybridized carbons (Fsp3) is 0.364. The maximum Gasteiger partial charge on any atom is 0.475 e. The van der Waals surface area contributed by atoms with E-state index in [2.05, 4.69) is 15.5 Å². The van der Waals surface area contributed by atoms with Gasteiger partial charge in [-0.1, -0.05) is 30.7 Å². The summed E-state index contributed by atoms with van der Waals surface area (Å²) in [6, 6.07) is 7.63. The molecule has 0 spiro atoms. The highest BCUT2D eigenvalue weighted by Gasteiger charge is 2.14. The van der Waals surface area contributed by atoms with Crippen molar-refractivity contribution < 1.29 is 8.74 Å². The summed E-state index contributed by atoms with van der Waals surface area (Å²) in [5.74, 6) is 0.176. The van der Waals surface area contributed by atoms with Crippen LogP contribution in [0.2, 0.25) is 5.02 Å². The van der Waals surface area contributed by atoms with Crippen molar-refractivity contribution in [1.29, 1.82) is 0 Å². The van der Waals surface area contributed by atoms with Gasteiger partial charge in [0.05, 0.1) is 13.3 Å². The van der Waals surface area contributed by atoms with Gasteiger partial charge >= 0.3 is 11.6 Å². The van der Waals surface area contributed by atoms with Crippen LogP contribution in [0.1, 0.15) is 24.8 Å². The smallest absolute Gasteiger partial charge is 0.129 e. The van der Waals surface area contributed by atoms with E-state index in [0.29, 0.717) is 5.02 Å². The molecule has 0 amide bonds. The lowest BCUT2D eigenvalue weighted by molar-refractivity contribution is 0.410. The molecular formula is C11H15ClNO2S+. The van der Waals surface area contributed by atoms with Gasteiger partial charge in [-0.25, -0.2) is 0 Å². The van der Waals surface area contributed by atoms with Crippen molar-refractivity contribution in [2.45, 2.75) is 19.3 Å². The first-order chi connectivity index (χ1) is 7.67. The third-order valence-corrected chi connectivity index (χ3v) is 3.07. The minimum absolute atomic E-state index is 0.176. The van der Waals surface area contributed by atoms with Crippen LogP contribution in [0.25, 0.3) is 0 Å². The van der Waals surface area contributed by atoms with Crippen LogP contribution in [0.3, 0.4) is 0 Å². The lowest BCUT2D eigenvalue weighted by atomic mass is 9.98. The number of benzene rings is 1. The quantitative estimate of drug-likeness (QED) is 0.651. The maximum atomic E-state index is 9.18. The predicted octanol–water partition coefficient (Wildman–Crippen LogP) is 3.47. The first-order valence-corrected chi connectivity index (χ1v) is 6.39. The molecule has 0 saturated heterocycles. The molecule has 1 rings (SSSR count). The van der Waals surface area contributed by atoms with E-state index in [9.17, 15) is 4.55 Å². The highest BCUT2D eigenvalue weighted by molar-refractivity contribution is 7.85. The van der Waals surface area contributed by atoms with Crippen molar-refractivity contribution in [3.63, 3.8) is 0 Å². The summed E-state index contributed by atoms with van der Waals surface area (Å²) in [5, 5.41) is 0.717. The highest BCUT2D eigenvalue weighted by Crippen LogP contribution is 2.20. The minimum atomic E-state index is -1.33. The number of halogens is 1. The van der Waals surface area contributed by atoms with E-state index in [1.807, 2.05) is 24.3 Å². The molecule has 0 bridgehead atoms. The summed E-state index contributed by atoms with van der Waals surface area (Å²) >= 11 is 4.48. The van der Waals surface area contributed by atoms with Crippen LogP contribution >= 0.6 is 11.6 Å². The summed E-state index contributed by atoms with van der Waals surface area (Å²) in [7, 11) is 1.42. The van der Waals surface area contributed by atoms with Gasteiger partial charge in [0.1, 0.15) is 0 Å². The second kappa shape index (κ2) is 6.91. The summed E-state index contributed by atoms with van der Waals surface area (Å²) in [4.78, 5) is 0. The molecule has 0 aromatic heterocycles.